The molecule has 0 spiro atoms. The van der Waals surface area contributed by atoms with Gasteiger partial charge in [0.05, 0.1) is 6.04 Å². The number of nitrogen functional groups attached to an aromatic ring is 1. The molecule has 3 rings (SSSR count). The number of hydrogen-bond donors (Lipinski definition) is 1. The van der Waals surface area contributed by atoms with Crippen molar-refractivity contribution in [3.8, 4) is 11.4 Å². The van der Waals surface area contributed by atoms with Gasteiger partial charge in [-0.3, -0.25) is 0 Å². The first-order valence-electron chi connectivity index (χ1n) is 7.02. The van der Waals surface area contributed by atoms with Crippen LogP contribution in [0.25, 0.3) is 11.4 Å². The van der Waals surface area contributed by atoms with Crippen molar-refractivity contribution in [3.05, 3.63) is 23.5 Å². The third-order valence-electron chi connectivity index (χ3n) is 5.32. The number of tetrazole rings is 1. The number of benzene rings is 1. The predicted molar refractivity (Wildman–Crippen MR) is 79.0 cm³/mol. The van der Waals surface area contributed by atoms with Gasteiger partial charge in [0, 0.05) is 16.8 Å². The van der Waals surface area contributed by atoms with Crippen LogP contribution in [0, 0.1) is 23.6 Å². The zero-order valence-electron chi connectivity index (χ0n) is 13.0. The van der Waals surface area contributed by atoms with Gasteiger partial charge in [0.2, 0.25) is 0 Å². The first kappa shape index (κ1) is 14.0. The average molecular weight is 289 g/mol. The number of nitrogens with zero attached hydrogens (tertiary/aromatic N) is 4. The van der Waals surface area contributed by atoms with Gasteiger partial charge in [-0.25, -0.2) is 9.07 Å². The van der Waals surface area contributed by atoms with Gasteiger partial charge < -0.3 is 5.73 Å². The Morgan fingerprint density at radius 2 is 1.81 bits per heavy atom. The maximum absolute atomic E-state index is 13.9. The Morgan fingerprint density at radius 1 is 1.19 bits per heavy atom. The Morgan fingerprint density at radius 3 is 2.33 bits per heavy atom. The van der Waals surface area contributed by atoms with Crippen molar-refractivity contribution in [1.29, 1.82) is 0 Å². The summed E-state index contributed by atoms with van der Waals surface area (Å²) in [6.45, 7) is 10.4. The molecule has 0 bridgehead atoms. The summed E-state index contributed by atoms with van der Waals surface area (Å²) in [6, 6.07) is 3.35. The second kappa shape index (κ2) is 4.02. The number of anilines is 1. The lowest BCUT2D eigenvalue weighted by Crippen LogP contribution is -2.06. The van der Waals surface area contributed by atoms with Crippen LogP contribution in [0.4, 0.5) is 10.1 Å². The zero-order chi connectivity index (χ0) is 15.6. The first-order valence-corrected chi connectivity index (χ1v) is 7.02. The highest BCUT2D eigenvalue weighted by Crippen LogP contribution is 2.71. The number of nitrogens with two attached hydrogens (primary N) is 1. The Balaban J connectivity index is 2.10. The van der Waals surface area contributed by atoms with E-state index in [0.717, 1.165) is 0 Å². The summed E-state index contributed by atoms with van der Waals surface area (Å²) >= 11 is 0. The highest BCUT2D eigenvalue weighted by molar-refractivity contribution is 5.64. The minimum atomic E-state index is -0.339. The van der Waals surface area contributed by atoms with Gasteiger partial charge in [0.1, 0.15) is 5.82 Å². The van der Waals surface area contributed by atoms with Gasteiger partial charge in [-0.1, -0.05) is 27.7 Å². The fourth-order valence-corrected chi connectivity index (χ4v) is 3.16. The molecule has 1 saturated carbocycles. The second-order valence-electron chi connectivity index (χ2n) is 6.97. The highest BCUT2D eigenvalue weighted by Gasteiger charge is 2.67. The monoisotopic (exact) mass is 289 g/mol. The fourth-order valence-electron chi connectivity index (χ4n) is 3.16. The van der Waals surface area contributed by atoms with E-state index >= 15 is 0 Å². The molecule has 0 unspecified atom stereocenters. The van der Waals surface area contributed by atoms with Gasteiger partial charge in [-0.15, -0.1) is 5.10 Å². The summed E-state index contributed by atoms with van der Waals surface area (Å²) in [7, 11) is 0. The number of rotatable bonds is 2. The highest BCUT2D eigenvalue weighted by atomic mass is 19.1. The van der Waals surface area contributed by atoms with E-state index in [0.29, 0.717) is 22.6 Å². The van der Waals surface area contributed by atoms with Crippen LogP contribution in [0.5, 0.6) is 0 Å². The van der Waals surface area contributed by atoms with Gasteiger partial charge in [0.15, 0.2) is 5.82 Å². The smallest absolute Gasteiger partial charge is 0.182 e. The van der Waals surface area contributed by atoms with E-state index in [1.54, 1.807) is 17.7 Å². The molecule has 1 heterocycles. The molecule has 5 nitrogen and oxygen atoms in total. The molecule has 2 N–H and O–H groups in total. The lowest BCUT2D eigenvalue weighted by Gasteiger charge is -2.09. The van der Waals surface area contributed by atoms with Gasteiger partial charge in [0.25, 0.3) is 0 Å². The van der Waals surface area contributed by atoms with E-state index in [1.807, 2.05) is 0 Å². The molecule has 0 atom stereocenters. The Bertz CT molecular complexity index is 680. The average Bonchev–Trinajstić information content (AvgIpc) is 2.73. The van der Waals surface area contributed by atoms with Crippen molar-refractivity contribution < 1.29 is 4.39 Å². The first-order chi connectivity index (χ1) is 9.68. The number of aromatic nitrogens is 4. The molecule has 0 radical (unpaired) electrons. The number of halogens is 1. The van der Waals surface area contributed by atoms with Crippen molar-refractivity contribution in [2.24, 2.45) is 10.8 Å². The molecular weight excluding hydrogens is 269 g/mol. The standard InChI is InChI=1S/C15H20FN5/c1-8-10(16)6-9(7-11(8)17)12-18-19-20-21(12)13-14(2,3)15(13,4)5/h6-7,13H,17H2,1-5H3. The lowest BCUT2D eigenvalue weighted by molar-refractivity contribution is 0.457. The van der Waals surface area contributed by atoms with Crippen LogP contribution in [-0.2, 0) is 0 Å². The fraction of sp³-hybridized carbons (Fsp3) is 0.533. The van der Waals surface area contributed by atoms with Crippen molar-refractivity contribution in [3.63, 3.8) is 0 Å². The van der Waals surface area contributed by atoms with E-state index in [1.165, 1.54) is 6.07 Å². The summed E-state index contributed by atoms with van der Waals surface area (Å²) in [5.74, 6) is 0.220. The quantitative estimate of drug-likeness (QED) is 0.863. The topological polar surface area (TPSA) is 69.6 Å². The third-order valence-corrected chi connectivity index (χ3v) is 5.32. The van der Waals surface area contributed by atoms with E-state index in [4.69, 9.17) is 5.73 Å². The van der Waals surface area contributed by atoms with Crippen LogP contribution in [0.2, 0.25) is 0 Å². The van der Waals surface area contributed by atoms with Crippen LogP contribution >= 0.6 is 0 Å². The Hall–Kier alpha value is -1.98. The lowest BCUT2D eigenvalue weighted by atomic mass is 10.0. The molecule has 1 aromatic heterocycles. The maximum atomic E-state index is 13.9. The molecule has 1 fully saturated rings. The summed E-state index contributed by atoms with van der Waals surface area (Å²) in [5, 5.41) is 12.0. The van der Waals surface area contributed by atoms with Gasteiger partial charge >= 0.3 is 0 Å². The molecule has 1 aliphatic rings. The van der Waals surface area contributed by atoms with Gasteiger partial charge in [-0.05, 0) is 40.3 Å². The Labute approximate surface area is 123 Å². The van der Waals surface area contributed by atoms with E-state index < -0.39 is 0 Å². The Kier molecular flexibility index (Phi) is 2.68. The molecule has 112 valence electrons. The van der Waals surface area contributed by atoms with Crippen molar-refractivity contribution in [2.75, 3.05) is 5.73 Å². The minimum absolute atomic E-state index is 0.0892. The van der Waals surface area contributed by atoms with Crippen molar-refractivity contribution in [1.82, 2.24) is 20.2 Å². The predicted octanol–water partition coefficient (Wildman–Crippen LogP) is 2.98. The van der Waals surface area contributed by atoms with E-state index in [9.17, 15) is 4.39 Å². The summed E-state index contributed by atoms with van der Waals surface area (Å²) in [4.78, 5) is 0. The number of hydrogen-bond acceptors (Lipinski definition) is 4. The molecule has 0 amide bonds. The second-order valence-corrected chi connectivity index (χ2v) is 6.97. The van der Waals surface area contributed by atoms with Crippen molar-refractivity contribution in [2.45, 2.75) is 40.7 Å². The maximum Gasteiger partial charge on any atom is 0.182 e. The molecule has 6 heteroatoms. The van der Waals surface area contributed by atoms with Crippen LogP contribution in [0.15, 0.2) is 12.1 Å². The molecule has 0 aliphatic heterocycles. The molecule has 0 saturated heterocycles. The van der Waals surface area contributed by atoms with Crippen LogP contribution in [-0.4, -0.2) is 20.2 Å². The van der Waals surface area contributed by atoms with E-state index in [2.05, 4.69) is 43.2 Å². The third kappa shape index (κ3) is 1.78. The summed E-state index contributed by atoms with van der Waals surface area (Å²) in [6.07, 6.45) is 0. The molecule has 21 heavy (non-hydrogen) atoms. The summed E-state index contributed by atoms with van der Waals surface area (Å²) < 4.78 is 15.7. The SMILES string of the molecule is Cc1c(N)cc(-c2nnnn2C2C(C)(C)C2(C)C)cc1F. The summed E-state index contributed by atoms with van der Waals surface area (Å²) in [5.41, 5.74) is 7.51. The molecular formula is C15H20FN5. The minimum Gasteiger partial charge on any atom is -0.398 e. The normalized spacial score (nSPS) is 19.7. The molecule has 1 aromatic carbocycles. The van der Waals surface area contributed by atoms with Crippen LogP contribution in [0.1, 0.15) is 39.3 Å². The van der Waals surface area contributed by atoms with Crippen LogP contribution < -0.4 is 5.73 Å². The van der Waals surface area contributed by atoms with Crippen LogP contribution in [0.3, 0.4) is 0 Å². The largest absolute Gasteiger partial charge is 0.398 e. The van der Waals surface area contributed by atoms with Crippen molar-refractivity contribution >= 4 is 5.69 Å². The van der Waals surface area contributed by atoms with Gasteiger partial charge in [-0.2, -0.15) is 0 Å². The molecule has 2 aromatic rings. The van der Waals surface area contributed by atoms with E-state index in [-0.39, 0.29) is 22.7 Å². The molecule has 1 aliphatic carbocycles. The zero-order valence-corrected chi connectivity index (χ0v) is 13.0.